The summed E-state index contributed by atoms with van der Waals surface area (Å²) in [4.78, 5) is 0. The lowest BCUT2D eigenvalue weighted by Crippen LogP contribution is -1.91. The van der Waals surface area contributed by atoms with Crippen molar-refractivity contribution >= 4 is 43.9 Å². The zero-order valence-electron chi connectivity index (χ0n) is 22.2. The molecule has 1 aliphatic rings. The Bertz CT molecular complexity index is 2300. The van der Waals surface area contributed by atoms with Crippen LogP contribution in [0, 0.1) is 0 Å². The standard InChI is InChI=1S/C38H24O3/c1-3-12-34-29(7-1)30-11-5-10-28(38(30)41-34)24-16-18-26-22-39-21-25-17-15-23(19-32(25)33(26)20-24)27-9-6-14-36-37(27)31-8-2-4-13-35(31)40-36/h1-20H,21-22H2. The summed E-state index contributed by atoms with van der Waals surface area (Å²) < 4.78 is 18.7. The predicted molar refractivity (Wildman–Crippen MR) is 166 cm³/mol. The maximum absolute atomic E-state index is 6.39. The minimum Gasteiger partial charge on any atom is -0.456 e. The van der Waals surface area contributed by atoms with Gasteiger partial charge in [-0.25, -0.2) is 0 Å². The van der Waals surface area contributed by atoms with Crippen LogP contribution in [0.15, 0.2) is 130 Å². The number of benzene rings is 6. The zero-order valence-corrected chi connectivity index (χ0v) is 22.2. The third-order valence-electron chi connectivity index (χ3n) is 8.45. The molecule has 0 atom stereocenters. The topological polar surface area (TPSA) is 35.5 Å². The lowest BCUT2D eigenvalue weighted by molar-refractivity contribution is 0.110. The summed E-state index contributed by atoms with van der Waals surface area (Å²) in [5.41, 5.74) is 13.0. The van der Waals surface area contributed by atoms with E-state index >= 15 is 0 Å². The van der Waals surface area contributed by atoms with E-state index in [4.69, 9.17) is 13.6 Å². The van der Waals surface area contributed by atoms with Gasteiger partial charge in [0.25, 0.3) is 0 Å². The molecule has 2 aromatic heterocycles. The average molecular weight is 529 g/mol. The molecule has 1 aliphatic heterocycles. The van der Waals surface area contributed by atoms with Crippen LogP contribution in [0.1, 0.15) is 11.1 Å². The fourth-order valence-electron chi connectivity index (χ4n) is 6.50. The van der Waals surface area contributed by atoms with E-state index in [1.165, 1.54) is 33.4 Å². The Morgan fingerprint density at radius 1 is 0.415 bits per heavy atom. The smallest absolute Gasteiger partial charge is 0.143 e. The van der Waals surface area contributed by atoms with E-state index in [1.807, 2.05) is 24.3 Å². The maximum atomic E-state index is 6.39. The van der Waals surface area contributed by atoms with Crippen molar-refractivity contribution in [3.63, 3.8) is 0 Å². The van der Waals surface area contributed by atoms with Gasteiger partial charge in [-0.15, -0.1) is 0 Å². The van der Waals surface area contributed by atoms with Crippen LogP contribution in [0.3, 0.4) is 0 Å². The number of furan rings is 2. The van der Waals surface area contributed by atoms with E-state index in [1.54, 1.807) is 0 Å². The van der Waals surface area contributed by atoms with Crippen LogP contribution in [-0.4, -0.2) is 0 Å². The van der Waals surface area contributed by atoms with Crippen molar-refractivity contribution in [2.24, 2.45) is 0 Å². The highest BCUT2D eigenvalue weighted by Gasteiger charge is 2.20. The van der Waals surface area contributed by atoms with Crippen LogP contribution < -0.4 is 0 Å². The van der Waals surface area contributed by atoms with Gasteiger partial charge < -0.3 is 13.6 Å². The molecular formula is C38H24O3. The van der Waals surface area contributed by atoms with Gasteiger partial charge in [-0.05, 0) is 69.3 Å². The molecule has 0 saturated heterocycles. The van der Waals surface area contributed by atoms with E-state index in [0.717, 1.165) is 55.0 Å². The van der Waals surface area contributed by atoms with Gasteiger partial charge in [0, 0.05) is 27.1 Å². The normalized spacial score (nSPS) is 13.1. The molecule has 0 N–H and O–H groups in total. The molecule has 0 amide bonds. The van der Waals surface area contributed by atoms with E-state index < -0.39 is 0 Å². The van der Waals surface area contributed by atoms with Gasteiger partial charge in [0.05, 0.1) is 13.2 Å². The molecule has 6 aromatic carbocycles. The largest absolute Gasteiger partial charge is 0.456 e. The SMILES string of the molecule is c1ccc2c(c1)oc1c(-c3ccc4c(c3)-c3cc(-c5cccc6oc7ccccc7c56)ccc3COC4)cccc12. The summed E-state index contributed by atoms with van der Waals surface area (Å²) in [7, 11) is 0. The van der Waals surface area contributed by atoms with Gasteiger partial charge in [0.2, 0.25) is 0 Å². The quantitative estimate of drug-likeness (QED) is 0.224. The fourth-order valence-corrected chi connectivity index (χ4v) is 6.50. The van der Waals surface area contributed by atoms with E-state index in [0.29, 0.717) is 13.2 Å². The van der Waals surface area contributed by atoms with E-state index in [9.17, 15) is 0 Å². The van der Waals surface area contributed by atoms with Crippen molar-refractivity contribution in [3.05, 3.63) is 132 Å². The molecule has 0 aliphatic carbocycles. The second kappa shape index (κ2) is 8.69. The van der Waals surface area contributed by atoms with Crippen molar-refractivity contribution in [2.45, 2.75) is 13.2 Å². The van der Waals surface area contributed by atoms with Crippen LogP contribution in [0.2, 0.25) is 0 Å². The molecule has 8 aromatic rings. The Labute approximate surface area is 236 Å². The number of para-hydroxylation sites is 3. The highest BCUT2D eigenvalue weighted by molar-refractivity contribution is 6.13. The highest BCUT2D eigenvalue weighted by Crippen LogP contribution is 2.42. The Morgan fingerprint density at radius 2 is 1.00 bits per heavy atom. The molecule has 194 valence electrons. The molecule has 3 heterocycles. The first kappa shape index (κ1) is 22.7. The summed E-state index contributed by atoms with van der Waals surface area (Å²) >= 11 is 0. The average Bonchev–Trinajstić information content (AvgIpc) is 3.54. The summed E-state index contributed by atoms with van der Waals surface area (Å²) in [6.07, 6.45) is 0. The molecule has 3 heteroatoms. The van der Waals surface area contributed by atoms with Crippen molar-refractivity contribution in [1.29, 1.82) is 0 Å². The van der Waals surface area contributed by atoms with Crippen LogP contribution >= 0.6 is 0 Å². The first-order chi connectivity index (χ1) is 20.3. The van der Waals surface area contributed by atoms with Crippen LogP contribution in [0.25, 0.3) is 77.3 Å². The van der Waals surface area contributed by atoms with E-state index in [-0.39, 0.29) is 0 Å². The van der Waals surface area contributed by atoms with Crippen LogP contribution in [0.4, 0.5) is 0 Å². The Kier molecular flexibility index (Phi) is 4.80. The summed E-state index contributed by atoms with van der Waals surface area (Å²) in [5.74, 6) is 0. The third-order valence-corrected chi connectivity index (χ3v) is 8.45. The zero-order chi connectivity index (χ0) is 26.9. The second-order valence-corrected chi connectivity index (χ2v) is 10.8. The predicted octanol–water partition coefficient (Wildman–Crippen LogP) is 10.5. The third kappa shape index (κ3) is 3.43. The summed E-state index contributed by atoms with van der Waals surface area (Å²) in [5, 5.41) is 4.57. The Morgan fingerprint density at radius 3 is 1.78 bits per heavy atom. The van der Waals surface area contributed by atoms with Gasteiger partial charge >= 0.3 is 0 Å². The molecule has 41 heavy (non-hydrogen) atoms. The molecule has 0 radical (unpaired) electrons. The number of rotatable bonds is 2. The number of fused-ring (bicyclic) bond motifs is 9. The van der Waals surface area contributed by atoms with Crippen LogP contribution in [0.5, 0.6) is 0 Å². The molecule has 0 fully saturated rings. The van der Waals surface area contributed by atoms with Crippen molar-refractivity contribution < 1.29 is 13.6 Å². The van der Waals surface area contributed by atoms with Gasteiger partial charge in [-0.1, -0.05) is 91.0 Å². The summed E-state index contributed by atoms with van der Waals surface area (Å²) in [6.45, 7) is 1.16. The number of hydrogen-bond acceptors (Lipinski definition) is 3. The first-order valence-electron chi connectivity index (χ1n) is 14.0. The lowest BCUT2D eigenvalue weighted by atomic mass is 9.89. The highest BCUT2D eigenvalue weighted by atomic mass is 16.5. The van der Waals surface area contributed by atoms with Gasteiger partial charge in [-0.3, -0.25) is 0 Å². The molecule has 0 unspecified atom stereocenters. The molecule has 0 bridgehead atoms. The molecule has 9 rings (SSSR count). The lowest BCUT2D eigenvalue weighted by Gasteiger charge is -2.14. The molecule has 0 saturated carbocycles. The van der Waals surface area contributed by atoms with Gasteiger partial charge in [0.15, 0.2) is 0 Å². The second-order valence-electron chi connectivity index (χ2n) is 10.8. The summed E-state index contributed by atoms with van der Waals surface area (Å²) in [6, 6.07) is 42.7. The Hall–Kier alpha value is -5.12. The monoisotopic (exact) mass is 528 g/mol. The van der Waals surface area contributed by atoms with Crippen LogP contribution in [-0.2, 0) is 18.0 Å². The van der Waals surface area contributed by atoms with Gasteiger partial charge in [0.1, 0.15) is 22.3 Å². The Balaban J connectivity index is 1.25. The van der Waals surface area contributed by atoms with Gasteiger partial charge in [-0.2, -0.15) is 0 Å². The minimum absolute atomic E-state index is 0.580. The minimum atomic E-state index is 0.580. The van der Waals surface area contributed by atoms with Crippen molar-refractivity contribution in [3.8, 4) is 33.4 Å². The maximum Gasteiger partial charge on any atom is 0.143 e. The number of ether oxygens (including phenoxy) is 1. The molecular weight excluding hydrogens is 504 g/mol. The van der Waals surface area contributed by atoms with Crippen molar-refractivity contribution in [1.82, 2.24) is 0 Å². The fraction of sp³-hybridized carbons (Fsp3) is 0.0526. The molecule has 0 spiro atoms. The number of hydrogen-bond donors (Lipinski definition) is 0. The van der Waals surface area contributed by atoms with Crippen molar-refractivity contribution in [2.75, 3.05) is 0 Å². The first-order valence-corrected chi connectivity index (χ1v) is 14.0. The molecule has 3 nitrogen and oxygen atoms in total. The van der Waals surface area contributed by atoms with E-state index in [2.05, 4.69) is 97.1 Å².